The average Bonchev–Trinajstić information content (AvgIpc) is 3.10. The van der Waals surface area contributed by atoms with E-state index < -0.39 is 23.5 Å². The van der Waals surface area contributed by atoms with E-state index in [1.165, 1.54) is 6.07 Å². The second-order valence-corrected chi connectivity index (χ2v) is 6.97. The highest BCUT2D eigenvalue weighted by Crippen LogP contribution is 2.36. The Labute approximate surface area is 159 Å². The van der Waals surface area contributed by atoms with Crippen LogP contribution < -0.4 is 11.1 Å². The second kappa shape index (κ2) is 7.06. The van der Waals surface area contributed by atoms with E-state index in [1.807, 2.05) is 0 Å². The Kier molecular flexibility index (Phi) is 4.58. The maximum atomic E-state index is 14.6. The highest BCUT2D eigenvalue weighted by atomic mass is 19.1. The van der Waals surface area contributed by atoms with Gasteiger partial charge in [-0.1, -0.05) is 12.8 Å². The Morgan fingerprint density at radius 1 is 1.21 bits per heavy atom. The first-order valence-electron chi connectivity index (χ1n) is 9.02. The van der Waals surface area contributed by atoms with E-state index in [-0.39, 0.29) is 17.5 Å². The number of nitrogens with two attached hydrogens (primary N) is 1. The molecule has 3 aromatic heterocycles. The van der Waals surface area contributed by atoms with Crippen molar-refractivity contribution in [3.05, 3.63) is 36.3 Å². The van der Waals surface area contributed by atoms with Crippen LogP contribution in [0.2, 0.25) is 0 Å². The lowest BCUT2D eigenvalue weighted by atomic mass is 9.84. The molecule has 3 heterocycles. The number of rotatable bonds is 4. The summed E-state index contributed by atoms with van der Waals surface area (Å²) in [6, 6.07) is 0.851. The van der Waals surface area contributed by atoms with Gasteiger partial charge >= 0.3 is 5.97 Å². The molecule has 0 aliphatic heterocycles. The summed E-state index contributed by atoms with van der Waals surface area (Å²) in [5, 5.41) is 12.5. The van der Waals surface area contributed by atoms with Gasteiger partial charge in [-0.25, -0.2) is 13.8 Å². The number of hydrogen-bond donors (Lipinski definition) is 4. The molecular weight excluding hydrogens is 368 g/mol. The third-order valence-electron chi connectivity index (χ3n) is 5.24. The molecule has 1 aliphatic rings. The lowest BCUT2D eigenvalue weighted by Gasteiger charge is -2.30. The standard InChI is InChI=1S/C19H19F2N5O2/c20-9-5-11(18(22)25-6-9)12-7-23-17-15(12)24-8-13(21)16(17)26-14-4-2-1-3-10(14)19(27)28/h5-8,10,14,23H,1-4H2,(H2,22,25)(H,24,26)(H,27,28)/t10-,14?/m0/s1. The number of carboxylic acids is 1. The van der Waals surface area contributed by atoms with Gasteiger partial charge in [0.1, 0.15) is 11.6 Å². The van der Waals surface area contributed by atoms with Crippen LogP contribution in [0.4, 0.5) is 20.3 Å². The zero-order valence-corrected chi connectivity index (χ0v) is 14.9. The maximum Gasteiger partial charge on any atom is 0.308 e. The van der Waals surface area contributed by atoms with Crippen molar-refractivity contribution in [2.75, 3.05) is 11.1 Å². The molecule has 0 saturated heterocycles. The summed E-state index contributed by atoms with van der Waals surface area (Å²) in [5.41, 5.74) is 7.61. The van der Waals surface area contributed by atoms with Gasteiger partial charge in [0.25, 0.3) is 0 Å². The lowest BCUT2D eigenvalue weighted by Crippen LogP contribution is -2.37. The number of halogens is 2. The number of H-pyrrole nitrogens is 1. The summed E-state index contributed by atoms with van der Waals surface area (Å²) in [6.07, 6.45) is 6.52. The largest absolute Gasteiger partial charge is 0.481 e. The first-order chi connectivity index (χ1) is 13.5. The number of pyridine rings is 2. The highest BCUT2D eigenvalue weighted by Gasteiger charge is 2.32. The molecule has 1 fully saturated rings. The van der Waals surface area contributed by atoms with Gasteiger partial charge in [0.15, 0.2) is 5.82 Å². The topological polar surface area (TPSA) is 117 Å². The number of fused-ring (bicyclic) bond motifs is 1. The monoisotopic (exact) mass is 387 g/mol. The van der Waals surface area contributed by atoms with Gasteiger partial charge in [-0.3, -0.25) is 9.78 Å². The van der Waals surface area contributed by atoms with E-state index in [4.69, 9.17) is 5.73 Å². The van der Waals surface area contributed by atoms with Crippen LogP contribution in [-0.4, -0.2) is 32.1 Å². The van der Waals surface area contributed by atoms with Crippen molar-refractivity contribution >= 4 is 28.5 Å². The van der Waals surface area contributed by atoms with Crippen molar-refractivity contribution in [2.45, 2.75) is 31.7 Å². The predicted molar refractivity (Wildman–Crippen MR) is 101 cm³/mol. The number of aliphatic carboxylic acids is 1. The SMILES string of the molecule is Nc1ncc(F)cc1-c1c[nH]c2c(NC3CCCC[C@@H]3C(=O)O)c(F)cnc12. The molecule has 1 saturated carbocycles. The predicted octanol–water partition coefficient (Wildman–Crippen LogP) is 3.54. The summed E-state index contributed by atoms with van der Waals surface area (Å²) in [7, 11) is 0. The molecule has 0 aromatic carbocycles. The van der Waals surface area contributed by atoms with E-state index in [0.29, 0.717) is 35.0 Å². The van der Waals surface area contributed by atoms with Crippen LogP contribution in [-0.2, 0) is 4.79 Å². The minimum Gasteiger partial charge on any atom is -0.481 e. The molecule has 7 nitrogen and oxygen atoms in total. The molecular formula is C19H19F2N5O2. The zero-order valence-electron chi connectivity index (χ0n) is 14.9. The third kappa shape index (κ3) is 3.12. The zero-order chi connectivity index (χ0) is 19.8. The summed E-state index contributed by atoms with van der Waals surface area (Å²) in [6.45, 7) is 0. The number of nitrogens with zero attached hydrogens (tertiary/aromatic N) is 2. The fraction of sp³-hybridized carbons (Fsp3) is 0.316. The molecule has 9 heteroatoms. The number of anilines is 2. The van der Waals surface area contributed by atoms with E-state index in [0.717, 1.165) is 25.2 Å². The Hall–Kier alpha value is -3.23. The fourth-order valence-electron chi connectivity index (χ4n) is 3.84. The molecule has 0 bridgehead atoms. The Bertz CT molecular complexity index is 1050. The molecule has 146 valence electrons. The molecule has 1 aliphatic carbocycles. The first kappa shape index (κ1) is 18.1. The highest BCUT2D eigenvalue weighted by molar-refractivity contribution is 6.00. The van der Waals surface area contributed by atoms with E-state index in [2.05, 4.69) is 20.3 Å². The quantitative estimate of drug-likeness (QED) is 0.544. The second-order valence-electron chi connectivity index (χ2n) is 6.97. The molecule has 1 unspecified atom stereocenters. The number of aromatic nitrogens is 3. The number of carbonyl (C=O) groups is 1. The Morgan fingerprint density at radius 2 is 2.00 bits per heavy atom. The van der Waals surface area contributed by atoms with Crippen molar-refractivity contribution in [2.24, 2.45) is 5.92 Å². The van der Waals surface area contributed by atoms with E-state index in [9.17, 15) is 18.7 Å². The van der Waals surface area contributed by atoms with Crippen molar-refractivity contribution in [1.82, 2.24) is 15.0 Å². The van der Waals surface area contributed by atoms with Gasteiger partial charge < -0.3 is 21.1 Å². The van der Waals surface area contributed by atoms with Gasteiger partial charge in [0.2, 0.25) is 0 Å². The number of nitrogens with one attached hydrogen (secondary N) is 2. The van der Waals surface area contributed by atoms with E-state index >= 15 is 0 Å². The lowest BCUT2D eigenvalue weighted by molar-refractivity contribution is -0.143. The molecule has 2 atom stereocenters. The molecule has 0 spiro atoms. The van der Waals surface area contributed by atoms with E-state index in [1.54, 1.807) is 6.20 Å². The fourth-order valence-corrected chi connectivity index (χ4v) is 3.84. The van der Waals surface area contributed by atoms with Gasteiger partial charge in [0.05, 0.1) is 35.0 Å². The Balaban J connectivity index is 1.78. The summed E-state index contributed by atoms with van der Waals surface area (Å²) < 4.78 is 28.2. The number of carboxylic acid groups (broad SMARTS) is 1. The summed E-state index contributed by atoms with van der Waals surface area (Å²) in [4.78, 5) is 22.4. The molecule has 5 N–H and O–H groups in total. The molecule has 3 aromatic rings. The smallest absolute Gasteiger partial charge is 0.308 e. The average molecular weight is 387 g/mol. The maximum absolute atomic E-state index is 14.6. The van der Waals surface area contributed by atoms with Crippen molar-refractivity contribution in [1.29, 1.82) is 0 Å². The Morgan fingerprint density at radius 3 is 2.79 bits per heavy atom. The van der Waals surface area contributed by atoms with Crippen LogP contribution in [0, 0.1) is 17.6 Å². The molecule has 0 radical (unpaired) electrons. The van der Waals surface area contributed by atoms with Crippen LogP contribution >= 0.6 is 0 Å². The molecule has 28 heavy (non-hydrogen) atoms. The van der Waals surface area contributed by atoms with Crippen LogP contribution in [0.3, 0.4) is 0 Å². The molecule has 4 rings (SSSR count). The van der Waals surface area contributed by atoms with Gasteiger partial charge in [-0.15, -0.1) is 0 Å². The third-order valence-corrected chi connectivity index (χ3v) is 5.24. The van der Waals surface area contributed by atoms with Gasteiger partial charge in [0, 0.05) is 23.4 Å². The van der Waals surface area contributed by atoms with Gasteiger partial charge in [-0.2, -0.15) is 0 Å². The van der Waals surface area contributed by atoms with Crippen molar-refractivity contribution in [3.8, 4) is 11.1 Å². The summed E-state index contributed by atoms with van der Waals surface area (Å²) >= 11 is 0. The number of hydrogen-bond acceptors (Lipinski definition) is 5. The van der Waals surface area contributed by atoms with Gasteiger partial charge in [-0.05, 0) is 18.9 Å². The number of nitrogen functional groups attached to an aromatic ring is 1. The van der Waals surface area contributed by atoms with Crippen LogP contribution in [0.25, 0.3) is 22.2 Å². The minimum absolute atomic E-state index is 0.126. The van der Waals surface area contributed by atoms with Crippen LogP contribution in [0.1, 0.15) is 25.7 Å². The van der Waals surface area contributed by atoms with Crippen molar-refractivity contribution < 1.29 is 18.7 Å². The number of aromatic amines is 1. The van der Waals surface area contributed by atoms with Crippen LogP contribution in [0.5, 0.6) is 0 Å². The normalized spacial score (nSPS) is 19.6. The first-order valence-corrected chi connectivity index (χ1v) is 9.02. The molecule has 0 amide bonds. The van der Waals surface area contributed by atoms with Crippen LogP contribution in [0.15, 0.2) is 24.7 Å². The van der Waals surface area contributed by atoms with Crippen molar-refractivity contribution in [3.63, 3.8) is 0 Å². The summed E-state index contributed by atoms with van der Waals surface area (Å²) in [5.74, 6) is -2.50. The minimum atomic E-state index is -0.895.